The minimum absolute atomic E-state index is 0.286. The van der Waals surface area contributed by atoms with Crippen molar-refractivity contribution >= 4 is 22.8 Å². The molecular formula is C6H11O4S+. The van der Waals surface area contributed by atoms with Crippen LogP contribution < -0.4 is 0 Å². The molecular weight excluding hydrogens is 168 g/mol. The highest BCUT2D eigenvalue weighted by molar-refractivity contribution is 7.96. The van der Waals surface area contributed by atoms with Crippen molar-refractivity contribution in [1.82, 2.24) is 0 Å². The van der Waals surface area contributed by atoms with Crippen LogP contribution in [-0.4, -0.2) is 39.9 Å². The second kappa shape index (κ2) is 4.23. The molecule has 0 spiro atoms. The van der Waals surface area contributed by atoms with E-state index in [1.54, 1.807) is 12.5 Å². The molecule has 0 aliphatic rings. The van der Waals surface area contributed by atoms with Gasteiger partial charge in [-0.2, -0.15) is 0 Å². The lowest BCUT2D eigenvalue weighted by molar-refractivity contribution is -0.143. The van der Waals surface area contributed by atoms with E-state index in [0.29, 0.717) is 0 Å². The monoisotopic (exact) mass is 179 g/mol. The molecule has 0 aliphatic carbocycles. The standard InChI is InChI=1S/C6H10O4S/c1-11(2)4(6(9)10)3-5(7)8/h4H,3H2,1-2H3,(H-,7,8,9,10)/p+1. The van der Waals surface area contributed by atoms with E-state index in [1.165, 1.54) is 0 Å². The molecule has 0 aromatic carbocycles. The Kier molecular flexibility index (Phi) is 3.95. The number of carboxylic acid groups (broad SMARTS) is 2. The summed E-state index contributed by atoms with van der Waals surface area (Å²) in [6.45, 7) is 0. The Hall–Kier alpha value is -0.710. The van der Waals surface area contributed by atoms with Crippen molar-refractivity contribution < 1.29 is 19.8 Å². The van der Waals surface area contributed by atoms with Crippen molar-refractivity contribution in [3.05, 3.63) is 0 Å². The van der Waals surface area contributed by atoms with Crippen LogP contribution in [0.3, 0.4) is 0 Å². The topological polar surface area (TPSA) is 74.6 Å². The quantitative estimate of drug-likeness (QED) is 0.586. The van der Waals surface area contributed by atoms with Gasteiger partial charge in [-0.1, -0.05) is 0 Å². The van der Waals surface area contributed by atoms with E-state index in [1.807, 2.05) is 0 Å². The van der Waals surface area contributed by atoms with Gasteiger partial charge >= 0.3 is 11.9 Å². The van der Waals surface area contributed by atoms with Gasteiger partial charge < -0.3 is 10.2 Å². The van der Waals surface area contributed by atoms with Crippen molar-refractivity contribution in [3.63, 3.8) is 0 Å². The predicted molar refractivity (Wildman–Crippen MR) is 42.9 cm³/mol. The molecule has 1 unspecified atom stereocenters. The van der Waals surface area contributed by atoms with E-state index in [0.717, 1.165) is 0 Å². The summed E-state index contributed by atoms with van der Waals surface area (Å²) in [6.07, 6.45) is 3.16. The molecule has 11 heavy (non-hydrogen) atoms. The van der Waals surface area contributed by atoms with Crippen LogP contribution in [0, 0.1) is 0 Å². The summed E-state index contributed by atoms with van der Waals surface area (Å²) in [5.41, 5.74) is 0. The molecule has 0 heterocycles. The fourth-order valence-corrected chi connectivity index (χ4v) is 1.49. The molecule has 2 N–H and O–H groups in total. The Bertz CT molecular complexity index is 166. The zero-order chi connectivity index (χ0) is 9.02. The lowest BCUT2D eigenvalue weighted by Crippen LogP contribution is -2.31. The first-order chi connectivity index (χ1) is 4.95. The highest BCUT2D eigenvalue weighted by Gasteiger charge is 2.31. The maximum Gasteiger partial charge on any atom is 0.357 e. The summed E-state index contributed by atoms with van der Waals surface area (Å²) in [5.74, 6) is -2.08. The minimum atomic E-state index is -1.06. The number of hydrogen-bond acceptors (Lipinski definition) is 2. The zero-order valence-electron chi connectivity index (χ0n) is 6.40. The van der Waals surface area contributed by atoms with Gasteiger partial charge in [0.2, 0.25) is 5.25 Å². The van der Waals surface area contributed by atoms with Crippen LogP contribution in [0.1, 0.15) is 6.42 Å². The van der Waals surface area contributed by atoms with E-state index >= 15 is 0 Å². The largest absolute Gasteiger partial charge is 0.481 e. The molecule has 0 fully saturated rings. The van der Waals surface area contributed by atoms with Gasteiger partial charge in [-0.15, -0.1) is 0 Å². The molecule has 0 bridgehead atoms. The predicted octanol–water partition coefficient (Wildman–Crippen LogP) is -0.208. The first-order valence-corrected chi connectivity index (χ1v) is 5.06. The third-order valence-corrected chi connectivity index (χ3v) is 2.71. The van der Waals surface area contributed by atoms with Crippen LogP contribution >= 0.6 is 0 Å². The molecule has 0 aromatic rings. The van der Waals surface area contributed by atoms with E-state index < -0.39 is 17.2 Å². The fraction of sp³-hybridized carbons (Fsp3) is 0.667. The van der Waals surface area contributed by atoms with Gasteiger partial charge in [0.15, 0.2) is 0 Å². The van der Waals surface area contributed by atoms with Gasteiger partial charge in [0.1, 0.15) is 6.42 Å². The van der Waals surface area contributed by atoms with E-state index in [9.17, 15) is 9.59 Å². The fourth-order valence-electron chi connectivity index (χ4n) is 0.614. The second-order valence-electron chi connectivity index (χ2n) is 2.30. The number of hydrogen-bond donors (Lipinski definition) is 2. The molecule has 5 heteroatoms. The van der Waals surface area contributed by atoms with E-state index in [-0.39, 0.29) is 17.3 Å². The molecule has 0 aliphatic heterocycles. The first kappa shape index (κ1) is 10.3. The molecule has 1 atom stereocenters. The molecule has 4 nitrogen and oxygen atoms in total. The highest BCUT2D eigenvalue weighted by Crippen LogP contribution is 2.04. The van der Waals surface area contributed by atoms with Crippen LogP contribution in [0.25, 0.3) is 0 Å². The van der Waals surface area contributed by atoms with Gasteiger partial charge in [-0.25, -0.2) is 4.79 Å². The summed E-state index contributed by atoms with van der Waals surface area (Å²) in [4.78, 5) is 20.6. The average Bonchev–Trinajstić information content (AvgIpc) is 1.81. The molecule has 0 rings (SSSR count). The maximum absolute atomic E-state index is 10.4. The maximum atomic E-state index is 10.4. The van der Waals surface area contributed by atoms with Crippen LogP contribution in [-0.2, 0) is 20.5 Å². The van der Waals surface area contributed by atoms with Gasteiger partial charge in [-0.3, -0.25) is 4.79 Å². The molecule has 0 aromatic heterocycles. The summed E-state index contributed by atoms with van der Waals surface area (Å²) in [7, 11) is -0.384. The number of carbonyl (C=O) groups is 2. The number of carboxylic acids is 2. The molecule has 64 valence electrons. The van der Waals surface area contributed by atoms with Crippen LogP contribution in [0.5, 0.6) is 0 Å². The lowest BCUT2D eigenvalue weighted by Gasteiger charge is -2.04. The van der Waals surface area contributed by atoms with E-state index in [4.69, 9.17) is 10.2 Å². The third kappa shape index (κ3) is 3.87. The Morgan fingerprint density at radius 1 is 1.36 bits per heavy atom. The van der Waals surface area contributed by atoms with Crippen molar-refractivity contribution in [1.29, 1.82) is 0 Å². The van der Waals surface area contributed by atoms with Crippen LogP contribution in [0.2, 0.25) is 0 Å². The smallest absolute Gasteiger partial charge is 0.357 e. The van der Waals surface area contributed by atoms with Crippen molar-refractivity contribution in [2.45, 2.75) is 11.7 Å². The molecule has 0 radical (unpaired) electrons. The summed E-state index contributed by atoms with van der Waals surface area (Å²) in [5, 5.41) is 16.1. The highest BCUT2D eigenvalue weighted by atomic mass is 32.2. The van der Waals surface area contributed by atoms with Crippen molar-refractivity contribution in [3.8, 4) is 0 Å². The Labute approximate surface area is 67.6 Å². The molecule has 0 saturated carbocycles. The summed E-state index contributed by atoms with van der Waals surface area (Å²) < 4.78 is 0. The van der Waals surface area contributed by atoms with Crippen LogP contribution in [0.4, 0.5) is 0 Å². The molecule has 0 saturated heterocycles. The normalized spacial score (nSPS) is 13.0. The summed E-state index contributed by atoms with van der Waals surface area (Å²) in [6, 6.07) is 0. The van der Waals surface area contributed by atoms with E-state index in [2.05, 4.69) is 0 Å². The average molecular weight is 179 g/mol. The van der Waals surface area contributed by atoms with Gasteiger partial charge in [0, 0.05) is 0 Å². The first-order valence-electron chi connectivity index (χ1n) is 2.96. The second-order valence-corrected chi connectivity index (χ2v) is 4.63. The van der Waals surface area contributed by atoms with Crippen LogP contribution in [0.15, 0.2) is 0 Å². The van der Waals surface area contributed by atoms with Crippen molar-refractivity contribution in [2.24, 2.45) is 0 Å². The van der Waals surface area contributed by atoms with Gasteiger partial charge in [0.25, 0.3) is 0 Å². The Balaban J connectivity index is 4.12. The van der Waals surface area contributed by atoms with Gasteiger partial charge in [-0.05, 0) is 10.9 Å². The SMILES string of the molecule is C[S+](C)C(CC(=O)O)C(=O)O. The number of rotatable bonds is 4. The lowest BCUT2D eigenvalue weighted by atomic mass is 10.3. The summed E-state index contributed by atoms with van der Waals surface area (Å²) >= 11 is 0. The Morgan fingerprint density at radius 2 is 1.82 bits per heavy atom. The molecule has 0 amide bonds. The van der Waals surface area contributed by atoms with Gasteiger partial charge in [0.05, 0.1) is 12.5 Å². The third-order valence-electron chi connectivity index (χ3n) is 1.20. The number of aliphatic carboxylic acids is 2. The Morgan fingerprint density at radius 3 is 1.91 bits per heavy atom. The minimum Gasteiger partial charge on any atom is -0.481 e. The zero-order valence-corrected chi connectivity index (χ0v) is 7.22. The van der Waals surface area contributed by atoms with Crippen molar-refractivity contribution in [2.75, 3.05) is 12.5 Å².